The first-order valence-corrected chi connectivity index (χ1v) is 4.78. The first-order chi connectivity index (χ1) is 5.81. The van der Waals surface area contributed by atoms with Crippen molar-refractivity contribution in [1.82, 2.24) is 5.32 Å². The van der Waals surface area contributed by atoms with Gasteiger partial charge in [-0.15, -0.1) is 0 Å². The summed E-state index contributed by atoms with van der Waals surface area (Å²) in [6.07, 6.45) is 6.11. The molecule has 0 aromatic heterocycles. The second-order valence-electron chi connectivity index (χ2n) is 2.97. The molecule has 0 aliphatic rings. The Kier molecular flexibility index (Phi) is 8.12. The number of hydrogen-bond donors (Lipinski definition) is 2. The molecule has 0 bridgehead atoms. The van der Waals surface area contributed by atoms with Crippen molar-refractivity contribution in [2.24, 2.45) is 5.73 Å². The van der Waals surface area contributed by atoms with E-state index in [0.717, 1.165) is 13.0 Å². The van der Waals surface area contributed by atoms with Crippen molar-refractivity contribution in [1.29, 1.82) is 0 Å². The topological polar surface area (TPSA) is 55.1 Å². The quantitative estimate of drug-likeness (QED) is 0.564. The molecule has 0 rings (SSSR count). The van der Waals surface area contributed by atoms with E-state index in [-0.39, 0.29) is 12.5 Å². The molecular formula is C9H20N2O. The fourth-order valence-electron chi connectivity index (χ4n) is 1.03. The molecule has 0 aromatic rings. The highest BCUT2D eigenvalue weighted by Gasteiger charge is 1.94. The van der Waals surface area contributed by atoms with Crippen LogP contribution in [0.5, 0.6) is 0 Å². The van der Waals surface area contributed by atoms with E-state index in [1.165, 1.54) is 25.7 Å². The fraction of sp³-hybridized carbons (Fsp3) is 0.889. The lowest BCUT2D eigenvalue weighted by atomic mass is 10.1. The number of nitrogens with two attached hydrogens (primary N) is 1. The van der Waals surface area contributed by atoms with Crippen molar-refractivity contribution in [2.45, 2.75) is 39.0 Å². The van der Waals surface area contributed by atoms with E-state index in [9.17, 15) is 4.79 Å². The van der Waals surface area contributed by atoms with Crippen molar-refractivity contribution < 1.29 is 4.79 Å². The summed E-state index contributed by atoms with van der Waals surface area (Å²) in [5.74, 6) is -0.0505. The van der Waals surface area contributed by atoms with Crippen molar-refractivity contribution >= 4 is 5.91 Å². The molecule has 0 fully saturated rings. The van der Waals surface area contributed by atoms with Gasteiger partial charge in [0.05, 0.1) is 6.54 Å². The van der Waals surface area contributed by atoms with Gasteiger partial charge in [-0.25, -0.2) is 0 Å². The third-order valence-electron chi connectivity index (χ3n) is 1.79. The van der Waals surface area contributed by atoms with Gasteiger partial charge in [-0.3, -0.25) is 4.79 Å². The monoisotopic (exact) mass is 172 g/mol. The van der Waals surface area contributed by atoms with Crippen LogP contribution in [-0.4, -0.2) is 19.0 Å². The first kappa shape index (κ1) is 11.4. The Morgan fingerprint density at radius 2 is 1.92 bits per heavy atom. The average Bonchev–Trinajstić information content (AvgIpc) is 2.10. The van der Waals surface area contributed by atoms with E-state index in [1.54, 1.807) is 0 Å². The number of hydrogen-bond acceptors (Lipinski definition) is 2. The van der Waals surface area contributed by atoms with Gasteiger partial charge in [-0.2, -0.15) is 0 Å². The Hall–Kier alpha value is -0.570. The molecule has 0 radical (unpaired) electrons. The fourth-order valence-corrected chi connectivity index (χ4v) is 1.03. The first-order valence-electron chi connectivity index (χ1n) is 4.78. The second kappa shape index (κ2) is 8.53. The Balaban J connectivity index is 2.95. The maximum Gasteiger partial charge on any atom is 0.233 e. The van der Waals surface area contributed by atoms with Gasteiger partial charge in [-0.1, -0.05) is 32.6 Å². The molecule has 0 saturated heterocycles. The number of rotatable bonds is 7. The maximum atomic E-state index is 10.7. The second-order valence-corrected chi connectivity index (χ2v) is 2.97. The highest BCUT2D eigenvalue weighted by molar-refractivity contribution is 5.77. The van der Waals surface area contributed by atoms with Crippen molar-refractivity contribution in [2.75, 3.05) is 13.1 Å². The number of unbranched alkanes of at least 4 members (excludes halogenated alkanes) is 4. The predicted octanol–water partition coefficient (Wildman–Crippen LogP) is 1.03. The molecule has 0 heterocycles. The Morgan fingerprint density at radius 1 is 1.25 bits per heavy atom. The van der Waals surface area contributed by atoms with Crippen LogP contribution in [0.25, 0.3) is 0 Å². The summed E-state index contributed by atoms with van der Waals surface area (Å²) in [5, 5.41) is 2.75. The zero-order valence-corrected chi connectivity index (χ0v) is 7.94. The van der Waals surface area contributed by atoms with Gasteiger partial charge in [0, 0.05) is 6.54 Å². The summed E-state index contributed by atoms with van der Waals surface area (Å²) in [5.41, 5.74) is 5.12. The SMILES string of the molecule is CCCCCCCNC(=O)CN. The molecule has 0 spiro atoms. The highest BCUT2D eigenvalue weighted by Crippen LogP contribution is 2.00. The molecule has 3 N–H and O–H groups in total. The Morgan fingerprint density at radius 3 is 2.50 bits per heavy atom. The maximum absolute atomic E-state index is 10.7. The summed E-state index contributed by atoms with van der Waals surface area (Å²) in [6.45, 7) is 3.07. The third-order valence-corrected chi connectivity index (χ3v) is 1.79. The number of carbonyl (C=O) groups is 1. The van der Waals surface area contributed by atoms with Crippen LogP contribution in [0.4, 0.5) is 0 Å². The summed E-state index contributed by atoms with van der Waals surface area (Å²) < 4.78 is 0. The third kappa shape index (κ3) is 7.54. The molecule has 0 aromatic carbocycles. The van der Waals surface area contributed by atoms with Crippen LogP contribution >= 0.6 is 0 Å². The molecule has 0 saturated carbocycles. The van der Waals surface area contributed by atoms with Gasteiger partial charge in [0.1, 0.15) is 0 Å². The van der Waals surface area contributed by atoms with Gasteiger partial charge in [-0.05, 0) is 6.42 Å². The lowest BCUT2D eigenvalue weighted by Crippen LogP contribution is -2.30. The molecule has 0 aliphatic carbocycles. The summed E-state index contributed by atoms with van der Waals surface area (Å²) in [4.78, 5) is 10.7. The van der Waals surface area contributed by atoms with Crippen LogP contribution in [0.1, 0.15) is 39.0 Å². The lowest BCUT2D eigenvalue weighted by Gasteiger charge is -2.02. The van der Waals surface area contributed by atoms with E-state index >= 15 is 0 Å². The standard InChI is InChI=1S/C9H20N2O/c1-2-3-4-5-6-7-11-9(12)8-10/h2-8,10H2,1H3,(H,11,12). The van der Waals surface area contributed by atoms with Gasteiger partial charge in [0.15, 0.2) is 0 Å². The largest absolute Gasteiger partial charge is 0.355 e. The molecule has 0 aliphatic heterocycles. The highest BCUT2D eigenvalue weighted by atomic mass is 16.1. The van der Waals surface area contributed by atoms with Crippen LogP contribution in [0.2, 0.25) is 0 Å². The normalized spacial score (nSPS) is 9.83. The molecule has 12 heavy (non-hydrogen) atoms. The van der Waals surface area contributed by atoms with Crippen LogP contribution in [0.15, 0.2) is 0 Å². The van der Waals surface area contributed by atoms with Crippen LogP contribution in [-0.2, 0) is 4.79 Å². The molecular weight excluding hydrogens is 152 g/mol. The molecule has 1 amide bonds. The zero-order valence-electron chi connectivity index (χ0n) is 7.94. The number of amides is 1. The average molecular weight is 172 g/mol. The predicted molar refractivity (Wildman–Crippen MR) is 50.8 cm³/mol. The van der Waals surface area contributed by atoms with Crippen LogP contribution in [0.3, 0.4) is 0 Å². The smallest absolute Gasteiger partial charge is 0.233 e. The minimum absolute atomic E-state index is 0.0505. The molecule has 3 heteroatoms. The van der Waals surface area contributed by atoms with E-state index in [0.29, 0.717) is 0 Å². The van der Waals surface area contributed by atoms with E-state index in [4.69, 9.17) is 5.73 Å². The Bertz CT molecular complexity index is 115. The molecule has 0 unspecified atom stereocenters. The summed E-state index contributed by atoms with van der Waals surface area (Å²) in [7, 11) is 0. The summed E-state index contributed by atoms with van der Waals surface area (Å²) in [6, 6.07) is 0. The van der Waals surface area contributed by atoms with E-state index in [1.807, 2.05) is 0 Å². The van der Waals surface area contributed by atoms with Gasteiger partial charge >= 0.3 is 0 Å². The zero-order chi connectivity index (χ0) is 9.23. The van der Waals surface area contributed by atoms with E-state index < -0.39 is 0 Å². The van der Waals surface area contributed by atoms with Gasteiger partial charge in [0.2, 0.25) is 5.91 Å². The van der Waals surface area contributed by atoms with Crippen molar-refractivity contribution in [3.63, 3.8) is 0 Å². The molecule has 72 valence electrons. The minimum atomic E-state index is -0.0505. The summed E-state index contributed by atoms with van der Waals surface area (Å²) >= 11 is 0. The van der Waals surface area contributed by atoms with Crippen LogP contribution < -0.4 is 11.1 Å². The lowest BCUT2D eigenvalue weighted by molar-refractivity contribution is -0.119. The number of carbonyl (C=O) groups excluding carboxylic acids is 1. The molecule has 0 atom stereocenters. The Labute approximate surface area is 74.7 Å². The van der Waals surface area contributed by atoms with Crippen molar-refractivity contribution in [3.8, 4) is 0 Å². The van der Waals surface area contributed by atoms with E-state index in [2.05, 4.69) is 12.2 Å². The minimum Gasteiger partial charge on any atom is -0.355 e. The van der Waals surface area contributed by atoms with Gasteiger partial charge in [0.25, 0.3) is 0 Å². The van der Waals surface area contributed by atoms with Crippen LogP contribution in [0, 0.1) is 0 Å². The number of nitrogens with one attached hydrogen (secondary N) is 1. The van der Waals surface area contributed by atoms with Gasteiger partial charge < -0.3 is 11.1 Å². The molecule has 3 nitrogen and oxygen atoms in total. The van der Waals surface area contributed by atoms with Crippen molar-refractivity contribution in [3.05, 3.63) is 0 Å².